The Kier molecular flexibility index (Phi) is 18.7. The van der Waals surface area contributed by atoms with E-state index in [0.717, 1.165) is 0 Å². The average Bonchev–Trinajstić information content (AvgIpc) is 2.72. The second-order valence-corrected chi connectivity index (χ2v) is 7.76. The molecule has 0 saturated heterocycles. The van der Waals surface area contributed by atoms with E-state index in [-0.39, 0.29) is 0 Å². The van der Waals surface area contributed by atoms with Crippen LogP contribution in [0.2, 0.25) is 0 Å². The summed E-state index contributed by atoms with van der Waals surface area (Å²) in [7, 11) is 0. The molecule has 4 N–H and O–H groups in total. The van der Waals surface area contributed by atoms with E-state index < -0.39 is 27.2 Å². The Hall–Kier alpha value is -2.49. The Morgan fingerprint density at radius 2 is 0.724 bits per heavy atom. The quantitative estimate of drug-likeness (QED) is 0.295. The number of pyridine rings is 3. The largest absolute Gasteiger partial charge is 0.218 e. The van der Waals surface area contributed by atoms with Crippen LogP contribution in [0.1, 0.15) is 0 Å². The van der Waals surface area contributed by atoms with Gasteiger partial charge in [-0.1, -0.05) is 18.2 Å². The molecule has 0 aliphatic heterocycles. The van der Waals surface area contributed by atoms with Gasteiger partial charge >= 0.3 is 53.6 Å². The number of hydrogen-bond donors (Lipinski definition) is 1. The van der Waals surface area contributed by atoms with E-state index in [1.807, 2.05) is 91.8 Å². The minimum atomic E-state index is -6.07. The first-order chi connectivity index (χ1) is 13.7. The van der Waals surface area contributed by atoms with Crippen LogP contribution in [-0.4, -0.2) is 5.26 Å². The molecule has 0 spiro atoms. The van der Waals surface area contributed by atoms with Gasteiger partial charge in [-0.3, -0.25) is 0 Å². The van der Waals surface area contributed by atoms with Crippen molar-refractivity contribution in [1.29, 1.82) is 0 Å². The van der Waals surface area contributed by atoms with Crippen LogP contribution in [0.3, 0.4) is 0 Å². The molecule has 160 valence electrons. The Balaban J connectivity index is 0. The normalized spacial score (nSPS) is 9.38. The van der Waals surface area contributed by atoms with Crippen molar-refractivity contribution in [2.75, 3.05) is 0 Å². The van der Waals surface area contributed by atoms with Crippen LogP contribution in [-0.2, 0) is 45.3 Å². The van der Waals surface area contributed by atoms with Crippen molar-refractivity contribution in [3.63, 3.8) is 0 Å². The summed E-state index contributed by atoms with van der Waals surface area (Å²) in [5, 5.41) is 13.0. The summed E-state index contributed by atoms with van der Waals surface area (Å²) < 4.78 is 58.9. The molecule has 0 aliphatic rings. The first-order valence-corrected chi connectivity index (χ1v) is 11.4. The van der Waals surface area contributed by atoms with Gasteiger partial charge in [0.2, 0.25) is 0 Å². The van der Waals surface area contributed by atoms with Crippen molar-refractivity contribution in [3.8, 4) is 0 Å². The van der Waals surface area contributed by atoms with Gasteiger partial charge in [-0.15, -0.1) is 0 Å². The maximum Gasteiger partial charge on any atom is 0.166 e. The van der Waals surface area contributed by atoms with Gasteiger partial charge in [0, 0.05) is 36.4 Å². The van der Waals surface area contributed by atoms with Crippen LogP contribution >= 0.6 is 0 Å². The van der Waals surface area contributed by atoms with E-state index in [4.69, 9.17) is 10.5 Å². The first kappa shape index (κ1) is 28.7. The van der Waals surface area contributed by atoms with Gasteiger partial charge in [0.25, 0.3) is 0 Å². The SMILES string of the molecule is [O-]O.[O]=[Cr](=[O])([O-])[O][Cr](=[O])(=[O])[O-].c1cc[nH+]cc1.c1cc[nH+]cc1.c1cc[nH+]cc1. The maximum atomic E-state index is 9.38. The molecule has 0 fully saturated rings. The number of nitrogens with one attached hydrogen (secondary N) is 3. The van der Waals surface area contributed by atoms with Gasteiger partial charge in [0.1, 0.15) is 0 Å². The van der Waals surface area contributed by atoms with Crippen LogP contribution in [0.4, 0.5) is 0 Å². The Morgan fingerprint density at radius 3 is 0.759 bits per heavy atom. The van der Waals surface area contributed by atoms with Crippen LogP contribution in [0.15, 0.2) is 91.8 Å². The summed E-state index contributed by atoms with van der Waals surface area (Å²) in [6.07, 6.45) is 11.2. The van der Waals surface area contributed by atoms with Crippen molar-refractivity contribution < 1.29 is 79.1 Å². The van der Waals surface area contributed by atoms with Crippen LogP contribution in [0.25, 0.3) is 0 Å². The zero-order valence-corrected chi connectivity index (χ0v) is 17.2. The van der Waals surface area contributed by atoms with Crippen LogP contribution < -0.4 is 28.5 Å². The summed E-state index contributed by atoms with van der Waals surface area (Å²) in [6, 6.07) is 17.6. The minimum absolute atomic E-state index is 1.88. The predicted molar refractivity (Wildman–Crippen MR) is 75.5 cm³/mol. The number of rotatable bonds is 2. The summed E-state index contributed by atoms with van der Waals surface area (Å²) in [5.41, 5.74) is 0. The predicted octanol–water partition coefficient (Wildman–Crippen LogP) is -2.60. The van der Waals surface area contributed by atoms with Crippen LogP contribution in [0.5, 0.6) is 0 Å². The van der Waals surface area contributed by atoms with Crippen molar-refractivity contribution in [2.45, 2.75) is 0 Å². The molecule has 0 aromatic carbocycles. The monoisotopic (exact) mass is 489 g/mol. The third-order valence-corrected chi connectivity index (χ3v) is 4.65. The molecular weight excluding hydrogens is 470 g/mol. The fraction of sp³-hybridized carbons (Fsp3) is 0. The van der Waals surface area contributed by atoms with Crippen molar-refractivity contribution in [2.24, 2.45) is 0 Å². The molecule has 3 heterocycles. The molecule has 0 unspecified atom stereocenters. The fourth-order valence-electron chi connectivity index (χ4n) is 1.13. The van der Waals surface area contributed by atoms with E-state index in [9.17, 15) is 23.5 Å². The zero-order valence-electron chi connectivity index (χ0n) is 14.7. The summed E-state index contributed by atoms with van der Waals surface area (Å²) >= 11 is -12.1. The third kappa shape index (κ3) is 30.5. The van der Waals surface area contributed by atoms with Gasteiger partial charge in [-0.25, -0.2) is 15.0 Å². The minimum Gasteiger partial charge on any atom is -0.218 e. The van der Waals surface area contributed by atoms with E-state index in [2.05, 4.69) is 17.8 Å². The molecule has 29 heavy (non-hydrogen) atoms. The van der Waals surface area contributed by atoms with Crippen LogP contribution in [0, 0.1) is 0 Å². The smallest absolute Gasteiger partial charge is 0.166 e. The molecule has 14 heteroatoms. The fourth-order valence-corrected chi connectivity index (χ4v) is 2.76. The summed E-state index contributed by atoms with van der Waals surface area (Å²) in [6.45, 7) is 0. The first-order valence-electron chi connectivity index (χ1n) is 7.25. The van der Waals surface area contributed by atoms with E-state index >= 15 is 0 Å². The molecular formula is C15H19Cr2N3O9. The number of hydrogen-bond acceptors (Lipinski definition) is 9. The number of aromatic amines is 3. The average molecular weight is 489 g/mol. The van der Waals surface area contributed by atoms with E-state index in [0.29, 0.717) is 0 Å². The van der Waals surface area contributed by atoms with Crippen molar-refractivity contribution in [3.05, 3.63) is 91.8 Å². The van der Waals surface area contributed by atoms with Gasteiger partial charge < -0.3 is 10.5 Å². The van der Waals surface area contributed by atoms with Gasteiger partial charge in [0.15, 0.2) is 37.2 Å². The van der Waals surface area contributed by atoms with E-state index in [1.165, 1.54) is 0 Å². The van der Waals surface area contributed by atoms with E-state index in [1.54, 1.807) is 0 Å². The Bertz CT molecular complexity index is 715. The second-order valence-electron chi connectivity index (χ2n) is 4.12. The molecule has 0 radical (unpaired) electrons. The summed E-state index contributed by atoms with van der Waals surface area (Å²) in [4.78, 5) is 8.68. The Labute approximate surface area is 170 Å². The van der Waals surface area contributed by atoms with Gasteiger partial charge in [-0.2, -0.15) is 0 Å². The molecule has 0 atom stereocenters. The van der Waals surface area contributed by atoms with Crippen molar-refractivity contribution >= 4 is 0 Å². The summed E-state index contributed by atoms with van der Waals surface area (Å²) in [5.74, 6) is 0. The number of H-pyrrole nitrogens is 3. The third-order valence-electron chi connectivity index (χ3n) is 1.99. The molecule has 3 rings (SSSR count). The maximum absolute atomic E-state index is 9.38. The molecule has 0 amide bonds. The second kappa shape index (κ2) is 18.9. The van der Waals surface area contributed by atoms with Gasteiger partial charge in [-0.05, 0) is 0 Å². The molecule has 3 aromatic heterocycles. The number of aromatic nitrogens is 3. The topological polar surface area (TPSA) is 209 Å². The molecule has 0 bridgehead atoms. The zero-order chi connectivity index (χ0) is 22.4. The molecule has 0 saturated carbocycles. The Morgan fingerprint density at radius 1 is 0.517 bits per heavy atom. The molecule has 12 nitrogen and oxygen atoms in total. The molecule has 0 aliphatic carbocycles. The molecule has 3 aromatic rings. The van der Waals surface area contributed by atoms with Gasteiger partial charge in [0.05, 0.1) is 0 Å². The van der Waals surface area contributed by atoms with Crippen molar-refractivity contribution in [1.82, 2.24) is 0 Å². The standard InChI is InChI=1S/3C5H5N.2Cr.H2O2.7O/c3*1-2-4-6-5-3-1;;;1-2;;;;;;;/h3*1-5H;;;1-2H;;;;;;;/q;;;;;;;;;;;2*-1/p+2.